The van der Waals surface area contributed by atoms with Gasteiger partial charge in [0.05, 0.1) is 11.4 Å². The van der Waals surface area contributed by atoms with Crippen molar-refractivity contribution in [3.8, 4) is 0 Å². The topological polar surface area (TPSA) is 97.7 Å². The fourth-order valence-electron chi connectivity index (χ4n) is 9.34. The van der Waals surface area contributed by atoms with E-state index in [1.54, 1.807) is 39.8 Å². The zero-order valence-corrected chi connectivity index (χ0v) is 25.8. The Bertz CT molecular complexity index is 1490. The number of hydrogen-bond acceptors (Lipinski definition) is 7. The van der Waals surface area contributed by atoms with E-state index in [4.69, 9.17) is 4.74 Å². The first-order chi connectivity index (χ1) is 20.2. The lowest BCUT2D eigenvalue weighted by Gasteiger charge is -2.62. The molecular weight excluding hydrogens is 574 g/mol. The highest BCUT2D eigenvalue weighted by Gasteiger charge is 2.77. The fourth-order valence-corrected chi connectivity index (χ4v) is 10.7. The van der Waals surface area contributed by atoms with E-state index in [9.17, 15) is 24.3 Å². The summed E-state index contributed by atoms with van der Waals surface area (Å²) in [5.74, 6) is -3.87. The van der Waals surface area contributed by atoms with Crippen LogP contribution in [-0.4, -0.2) is 50.4 Å². The second-order valence-corrected chi connectivity index (χ2v) is 14.7. The normalized spacial score (nSPS) is 41.7. The second kappa shape index (κ2) is 10.2. The largest absolute Gasteiger partial charge is 0.449 e. The van der Waals surface area contributed by atoms with E-state index in [1.165, 1.54) is 12.2 Å². The lowest BCUT2D eigenvalue weighted by Crippen LogP contribution is -2.69. The number of aliphatic hydroxyl groups is 1. The Morgan fingerprint density at radius 2 is 1.88 bits per heavy atom. The van der Waals surface area contributed by atoms with Crippen molar-refractivity contribution in [2.24, 2.45) is 28.6 Å². The molecule has 0 amide bonds. The van der Waals surface area contributed by atoms with Crippen molar-refractivity contribution < 1.29 is 37.8 Å². The first kappa shape index (κ1) is 30.4. The molecule has 230 valence electrons. The Balaban J connectivity index is 1.42. The van der Waals surface area contributed by atoms with Crippen molar-refractivity contribution in [1.82, 2.24) is 0 Å². The van der Waals surface area contributed by atoms with Crippen LogP contribution in [0.25, 0.3) is 0 Å². The molecule has 1 aromatic carbocycles. The zero-order chi connectivity index (χ0) is 31.1. The number of halogens is 2. The van der Waals surface area contributed by atoms with Crippen LogP contribution in [0.3, 0.4) is 0 Å². The molecule has 6 rings (SSSR count). The van der Waals surface area contributed by atoms with E-state index in [2.05, 4.69) is 0 Å². The first-order valence-corrected chi connectivity index (χ1v) is 16.1. The summed E-state index contributed by atoms with van der Waals surface area (Å²) in [6, 6.07) is 7.31. The SMILES string of the molecule is CCC(=O)O[C@]1(C(=O)SC2CCc3ccccc3C2=O)[C@H](C)CC2C3CC(F)=C4CC(=O)C=C[C@]4(C)[C@@]3(F)[C@@H](O)C[C@@]21C. The molecule has 5 aliphatic rings. The maximum Gasteiger partial charge on any atom is 0.306 e. The lowest BCUT2D eigenvalue weighted by molar-refractivity contribution is -0.223. The van der Waals surface area contributed by atoms with E-state index < -0.39 is 68.1 Å². The molecule has 3 unspecified atom stereocenters. The van der Waals surface area contributed by atoms with Gasteiger partial charge < -0.3 is 9.84 Å². The quantitative estimate of drug-likeness (QED) is 0.414. The van der Waals surface area contributed by atoms with Crippen molar-refractivity contribution in [3.05, 3.63) is 58.9 Å². The zero-order valence-electron chi connectivity index (χ0n) is 25.0. The van der Waals surface area contributed by atoms with Crippen LogP contribution in [0, 0.1) is 28.6 Å². The van der Waals surface area contributed by atoms with Gasteiger partial charge in [-0.05, 0) is 55.7 Å². The maximum atomic E-state index is 17.7. The van der Waals surface area contributed by atoms with E-state index in [0.717, 1.165) is 17.3 Å². The molecule has 6 nitrogen and oxygen atoms in total. The van der Waals surface area contributed by atoms with Crippen LogP contribution in [0.1, 0.15) is 82.1 Å². The number of allylic oxidation sites excluding steroid dienone is 4. The van der Waals surface area contributed by atoms with E-state index in [1.807, 2.05) is 12.1 Å². The summed E-state index contributed by atoms with van der Waals surface area (Å²) >= 11 is 0.874. The molecule has 0 bridgehead atoms. The van der Waals surface area contributed by atoms with Gasteiger partial charge >= 0.3 is 5.97 Å². The van der Waals surface area contributed by atoms with Crippen molar-refractivity contribution >= 4 is 34.4 Å². The predicted molar refractivity (Wildman–Crippen MR) is 158 cm³/mol. The Morgan fingerprint density at radius 3 is 2.60 bits per heavy atom. The van der Waals surface area contributed by atoms with Crippen molar-refractivity contribution in [1.29, 1.82) is 0 Å². The number of thioether (sulfide) groups is 1. The number of fused-ring (bicyclic) bond motifs is 6. The number of hydrogen-bond donors (Lipinski definition) is 1. The van der Waals surface area contributed by atoms with Crippen LogP contribution in [0.15, 0.2) is 47.8 Å². The number of alkyl halides is 1. The highest BCUT2D eigenvalue weighted by Crippen LogP contribution is 2.72. The summed E-state index contributed by atoms with van der Waals surface area (Å²) in [4.78, 5) is 53.2. The van der Waals surface area contributed by atoms with Gasteiger partial charge in [-0.3, -0.25) is 19.2 Å². The Morgan fingerprint density at radius 1 is 1.16 bits per heavy atom. The predicted octanol–water partition coefficient (Wildman–Crippen LogP) is 6.05. The highest BCUT2D eigenvalue weighted by atomic mass is 32.2. The average Bonchev–Trinajstić information content (AvgIpc) is 3.19. The van der Waals surface area contributed by atoms with Crippen LogP contribution in [0.5, 0.6) is 0 Å². The van der Waals surface area contributed by atoms with Crippen LogP contribution in [0.2, 0.25) is 0 Å². The van der Waals surface area contributed by atoms with E-state index in [0.29, 0.717) is 18.4 Å². The van der Waals surface area contributed by atoms with Gasteiger partial charge in [-0.2, -0.15) is 0 Å². The molecule has 2 saturated carbocycles. The molecule has 43 heavy (non-hydrogen) atoms. The molecule has 0 aromatic heterocycles. The molecule has 2 fully saturated rings. The molecule has 0 saturated heterocycles. The summed E-state index contributed by atoms with van der Waals surface area (Å²) in [7, 11) is 0. The maximum absolute atomic E-state index is 17.7. The summed E-state index contributed by atoms with van der Waals surface area (Å²) in [6.07, 6.45) is 1.61. The minimum Gasteiger partial charge on any atom is -0.449 e. The summed E-state index contributed by atoms with van der Waals surface area (Å²) in [5, 5.41) is 10.6. The van der Waals surface area contributed by atoms with Crippen LogP contribution < -0.4 is 0 Å². The number of ketones is 2. The van der Waals surface area contributed by atoms with Gasteiger partial charge in [0.25, 0.3) is 0 Å². The first-order valence-electron chi connectivity index (χ1n) is 15.3. The standard InChI is InChI=1S/C34H38F2O6S/c1-5-28(39)42-34(30(41)43-26-11-10-19-8-6-7-9-21(19)29(26)40)18(2)14-22-23-16-25(35)24-15-20(37)12-13-31(24,3)33(23,36)27(38)17-32(22,34)4/h6-9,12-13,18,22-23,26-27,38H,5,10-11,14-17H2,1-4H3/t18-,22?,23?,26?,27+,31+,32+,33+,34+/m1/s1. The Kier molecular flexibility index (Phi) is 7.20. The lowest BCUT2D eigenvalue weighted by atomic mass is 9.45. The van der Waals surface area contributed by atoms with Gasteiger partial charge in [-0.15, -0.1) is 0 Å². The minimum atomic E-state index is -2.30. The van der Waals surface area contributed by atoms with Crippen molar-refractivity contribution in [3.63, 3.8) is 0 Å². The molecule has 5 aliphatic carbocycles. The Labute approximate surface area is 254 Å². The van der Waals surface area contributed by atoms with Crippen LogP contribution in [-0.2, 0) is 25.5 Å². The fraction of sp³-hybridized carbons (Fsp3) is 0.588. The third kappa shape index (κ3) is 3.99. The Hall–Kier alpha value is -2.65. The van der Waals surface area contributed by atoms with Gasteiger partial charge in [0.1, 0.15) is 5.83 Å². The number of aliphatic hydroxyl groups excluding tert-OH is 1. The van der Waals surface area contributed by atoms with E-state index >= 15 is 8.78 Å². The molecule has 1 aromatic rings. The number of benzene rings is 1. The molecule has 9 atom stereocenters. The van der Waals surface area contributed by atoms with Gasteiger partial charge in [0.15, 0.2) is 22.8 Å². The van der Waals surface area contributed by atoms with Gasteiger partial charge in [-0.25, -0.2) is 8.78 Å². The highest BCUT2D eigenvalue weighted by molar-refractivity contribution is 8.15. The van der Waals surface area contributed by atoms with Crippen molar-refractivity contribution in [2.45, 2.75) is 95.3 Å². The molecular formula is C34H38F2O6S. The van der Waals surface area contributed by atoms with Gasteiger partial charge in [0.2, 0.25) is 5.12 Å². The number of ether oxygens (including phenoxy) is 1. The van der Waals surface area contributed by atoms with Crippen LogP contribution >= 0.6 is 11.8 Å². The summed E-state index contributed by atoms with van der Waals surface area (Å²) in [6.45, 7) is 6.70. The number of rotatable bonds is 4. The van der Waals surface area contributed by atoms with Crippen LogP contribution in [0.4, 0.5) is 8.78 Å². The summed E-state index contributed by atoms with van der Waals surface area (Å²) < 4.78 is 39.6. The number of esters is 1. The minimum absolute atomic E-state index is 0.000448. The number of Topliss-reactive ketones (excluding diaryl/α,β-unsaturated/α-hetero) is 1. The molecule has 1 N–H and O–H groups in total. The molecule has 0 aliphatic heterocycles. The molecule has 0 heterocycles. The molecule has 9 heteroatoms. The number of carbonyl (C=O) groups excluding carboxylic acids is 4. The third-order valence-corrected chi connectivity index (χ3v) is 12.8. The van der Waals surface area contributed by atoms with Gasteiger partial charge in [-0.1, -0.05) is 62.9 Å². The number of carbonyl (C=O) groups is 4. The van der Waals surface area contributed by atoms with E-state index in [-0.39, 0.29) is 49.2 Å². The second-order valence-electron chi connectivity index (χ2n) is 13.5. The summed E-state index contributed by atoms with van der Waals surface area (Å²) in [5.41, 5.74) is -5.26. The molecule has 0 radical (unpaired) electrons. The monoisotopic (exact) mass is 612 g/mol. The van der Waals surface area contributed by atoms with Gasteiger partial charge in [0, 0.05) is 47.5 Å². The van der Waals surface area contributed by atoms with Crippen molar-refractivity contribution in [2.75, 3.05) is 0 Å². The smallest absolute Gasteiger partial charge is 0.306 e. The number of aryl methyl sites for hydroxylation is 1. The molecule has 0 spiro atoms. The third-order valence-electron chi connectivity index (χ3n) is 11.6. The average molecular weight is 613 g/mol.